The van der Waals surface area contributed by atoms with E-state index in [0.29, 0.717) is 42.5 Å². The molecule has 2 heterocycles. The number of anilines is 2. The molecule has 1 fully saturated rings. The van der Waals surface area contributed by atoms with Crippen LogP contribution >= 0.6 is 23.2 Å². The third-order valence-electron chi connectivity index (χ3n) is 4.31. The van der Waals surface area contributed by atoms with Crippen LogP contribution in [-0.4, -0.2) is 24.0 Å². The lowest BCUT2D eigenvalue weighted by Crippen LogP contribution is -2.38. The van der Waals surface area contributed by atoms with Gasteiger partial charge in [0.2, 0.25) is 5.91 Å². The number of nitrogens with zero attached hydrogens (tertiary/aromatic N) is 3. The number of piperidine rings is 1. The molecule has 0 radical (unpaired) electrons. The van der Waals surface area contributed by atoms with E-state index in [9.17, 15) is 9.18 Å². The monoisotopic (exact) mass is 392 g/mol. The molecule has 0 unspecified atom stereocenters. The zero-order valence-electron chi connectivity index (χ0n) is 13.7. The summed E-state index contributed by atoms with van der Waals surface area (Å²) in [6.45, 7) is 1.28. The van der Waals surface area contributed by atoms with E-state index in [4.69, 9.17) is 28.5 Å². The molecular formula is C18H15Cl2FN4O. The highest BCUT2D eigenvalue weighted by molar-refractivity contribution is 6.31. The summed E-state index contributed by atoms with van der Waals surface area (Å²) in [6.07, 6.45) is 1.29. The van der Waals surface area contributed by atoms with Crippen molar-refractivity contribution in [1.82, 2.24) is 4.98 Å². The molecular weight excluding hydrogens is 378 g/mol. The minimum Gasteiger partial charge on any atom is -0.357 e. The molecule has 1 aliphatic rings. The number of benzene rings is 1. The fraction of sp³-hybridized carbons (Fsp3) is 0.278. The summed E-state index contributed by atoms with van der Waals surface area (Å²) in [5, 5.41) is 12.1. The van der Waals surface area contributed by atoms with Crippen molar-refractivity contribution >= 4 is 40.6 Å². The largest absolute Gasteiger partial charge is 0.357 e. The number of rotatable bonds is 3. The van der Waals surface area contributed by atoms with Gasteiger partial charge in [-0.15, -0.1) is 0 Å². The van der Waals surface area contributed by atoms with Crippen LogP contribution in [0.4, 0.5) is 15.9 Å². The Balaban J connectivity index is 1.60. The van der Waals surface area contributed by atoms with E-state index in [1.54, 1.807) is 12.1 Å². The molecule has 3 rings (SSSR count). The molecule has 1 N–H and O–H groups in total. The van der Waals surface area contributed by atoms with Gasteiger partial charge in [0.05, 0.1) is 10.0 Å². The summed E-state index contributed by atoms with van der Waals surface area (Å²) >= 11 is 11.6. The molecule has 134 valence electrons. The summed E-state index contributed by atoms with van der Waals surface area (Å²) in [5.41, 5.74) is 0.666. The summed E-state index contributed by atoms with van der Waals surface area (Å²) in [5.74, 6) is -0.118. The Morgan fingerprint density at radius 2 is 1.96 bits per heavy atom. The van der Waals surface area contributed by atoms with Crippen LogP contribution in [-0.2, 0) is 4.79 Å². The van der Waals surface area contributed by atoms with Crippen LogP contribution in [0.25, 0.3) is 0 Å². The van der Waals surface area contributed by atoms with Crippen LogP contribution in [0.3, 0.4) is 0 Å². The van der Waals surface area contributed by atoms with Crippen molar-refractivity contribution in [3.05, 3.63) is 51.9 Å². The number of hydrogen-bond donors (Lipinski definition) is 1. The van der Waals surface area contributed by atoms with E-state index in [1.807, 2.05) is 11.0 Å². The van der Waals surface area contributed by atoms with Gasteiger partial charge in [0.25, 0.3) is 0 Å². The minimum absolute atomic E-state index is 0.0280. The molecule has 0 spiro atoms. The molecule has 0 bridgehead atoms. The first-order chi connectivity index (χ1) is 12.5. The molecule has 0 atom stereocenters. The van der Waals surface area contributed by atoms with E-state index in [2.05, 4.69) is 10.3 Å². The van der Waals surface area contributed by atoms with Crippen LogP contribution in [0.1, 0.15) is 18.5 Å². The molecule has 0 saturated carbocycles. The zero-order chi connectivity index (χ0) is 18.7. The van der Waals surface area contributed by atoms with Gasteiger partial charge in [-0.2, -0.15) is 5.26 Å². The zero-order valence-corrected chi connectivity index (χ0v) is 15.2. The molecule has 8 heteroatoms. The Bertz CT molecular complexity index is 876. The molecule has 1 aliphatic heterocycles. The highest BCUT2D eigenvalue weighted by atomic mass is 35.5. The third kappa shape index (κ3) is 4.06. The van der Waals surface area contributed by atoms with E-state index >= 15 is 0 Å². The molecule has 26 heavy (non-hydrogen) atoms. The molecule has 1 aromatic heterocycles. The predicted molar refractivity (Wildman–Crippen MR) is 98.9 cm³/mol. The summed E-state index contributed by atoms with van der Waals surface area (Å²) < 4.78 is 13.2. The van der Waals surface area contributed by atoms with Gasteiger partial charge in [0.15, 0.2) is 5.69 Å². The van der Waals surface area contributed by atoms with Crippen LogP contribution in [0, 0.1) is 23.1 Å². The molecule has 1 saturated heterocycles. The number of hydrogen-bond acceptors (Lipinski definition) is 4. The normalized spacial score (nSPS) is 14.8. The van der Waals surface area contributed by atoms with Crippen LogP contribution < -0.4 is 10.2 Å². The maximum atomic E-state index is 13.2. The SMILES string of the molecule is N#Cc1nc(N2CCC(C(=O)Nc3ccc(F)c(Cl)c3)CC2)ccc1Cl. The van der Waals surface area contributed by atoms with Crippen molar-refractivity contribution in [2.75, 3.05) is 23.3 Å². The Morgan fingerprint density at radius 1 is 1.23 bits per heavy atom. The van der Waals surface area contributed by atoms with Crippen molar-refractivity contribution < 1.29 is 9.18 Å². The number of nitrogens with one attached hydrogen (secondary N) is 1. The van der Waals surface area contributed by atoms with E-state index in [0.717, 1.165) is 0 Å². The fourth-order valence-corrected chi connectivity index (χ4v) is 3.20. The van der Waals surface area contributed by atoms with Crippen molar-refractivity contribution in [2.45, 2.75) is 12.8 Å². The summed E-state index contributed by atoms with van der Waals surface area (Å²) in [6, 6.07) is 9.48. The summed E-state index contributed by atoms with van der Waals surface area (Å²) in [4.78, 5) is 18.7. The average molecular weight is 393 g/mol. The Kier molecular flexibility index (Phi) is 5.60. The Labute approximate surface area is 160 Å². The predicted octanol–water partition coefficient (Wildman–Crippen LogP) is 4.25. The quantitative estimate of drug-likeness (QED) is 0.847. The fourth-order valence-electron chi connectivity index (χ4n) is 2.88. The third-order valence-corrected chi connectivity index (χ3v) is 4.91. The van der Waals surface area contributed by atoms with Crippen LogP contribution in [0.15, 0.2) is 30.3 Å². The standard InChI is InChI=1S/C18H15Cl2FN4O/c19-13-2-4-17(24-16(13)10-22)25-7-5-11(6-8-25)18(26)23-12-1-3-15(21)14(20)9-12/h1-4,9,11H,5-8H2,(H,23,26). The van der Waals surface area contributed by atoms with Crippen LogP contribution in [0.5, 0.6) is 0 Å². The van der Waals surface area contributed by atoms with Gasteiger partial charge in [0, 0.05) is 24.7 Å². The second-order valence-corrected chi connectivity index (χ2v) is 6.81. The number of aromatic nitrogens is 1. The smallest absolute Gasteiger partial charge is 0.227 e. The first-order valence-corrected chi connectivity index (χ1v) is 8.81. The number of amides is 1. The van der Waals surface area contributed by atoms with Gasteiger partial charge in [-0.3, -0.25) is 4.79 Å². The van der Waals surface area contributed by atoms with Crippen molar-refractivity contribution in [3.63, 3.8) is 0 Å². The maximum Gasteiger partial charge on any atom is 0.227 e. The van der Waals surface area contributed by atoms with Gasteiger partial charge in [-0.25, -0.2) is 9.37 Å². The topological polar surface area (TPSA) is 69.0 Å². The van der Waals surface area contributed by atoms with Crippen LogP contribution in [0.2, 0.25) is 10.0 Å². The lowest BCUT2D eigenvalue weighted by molar-refractivity contribution is -0.120. The lowest BCUT2D eigenvalue weighted by Gasteiger charge is -2.32. The van der Waals surface area contributed by atoms with E-state index in [-0.39, 0.29) is 22.5 Å². The van der Waals surface area contributed by atoms with Crippen molar-refractivity contribution in [2.24, 2.45) is 5.92 Å². The lowest BCUT2D eigenvalue weighted by atomic mass is 9.95. The molecule has 2 aromatic rings. The average Bonchev–Trinajstić information content (AvgIpc) is 2.65. The number of carbonyl (C=O) groups is 1. The number of halogens is 3. The number of pyridine rings is 1. The second-order valence-electron chi connectivity index (χ2n) is 5.99. The molecule has 0 aliphatic carbocycles. The second kappa shape index (κ2) is 7.90. The van der Waals surface area contributed by atoms with Crippen molar-refractivity contribution in [1.29, 1.82) is 5.26 Å². The summed E-state index contributed by atoms with van der Waals surface area (Å²) in [7, 11) is 0. The number of nitriles is 1. The van der Waals surface area contributed by atoms with Crippen molar-refractivity contribution in [3.8, 4) is 6.07 Å². The van der Waals surface area contributed by atoms with E-state index in [1.165, 1.54) is 18.2 Å². The first kappa shape index (κ1) is 18.4. The van der Waals surface area contributed by atoms with Gasteiger partial charge in [-0.05, 0) is 43.2 Å². The molecule has 1 aromatic carbocycles. The first-order valence-electron chi connectivity index (χ1n) is 8.05. The van der Waals surface area contributed by atoms with Gasteiger partial charge >= 0.3 is 0 Å². The maximum absolute atomic E-state index is 13.2. The minimum atomic E-state index is -0.523. The number of carbonyl (C=O) groups excluding carboxylic acids is 1. The highest BCUT2D eigenvalue weighted by Gasteiger charge is 2.26. The molecule has 5 nitrogen and oxygen atoms in total. The Morgan fingerprint density at radius 3 is 2.62 bits per heavy atom. The van der Waals surface area contributed by atoms with Gasteiger partial charge in [0.1, 0.15) is 17.7 Å². The highest BCUT2D eigenvalue weighted by Crippen LogP contribution is 2.26. The molecule has 1 amide bonds. The van der Waals surface area contributed by atoms with E-state index < -0.39 is 5.82 Å². The Hall–Kier alpha value is -2.36. The van der Waals surface area contributed by atoms with Gasteiger partial charge < -0.3 is 10.2 Å². The van der Waals surface area contributed by atoms with Gasteiger partial charge in [-0.1, -0.05) is 23.2 Å².